The zero-order valence-corrected chi connectivity index (χ0v) is 38.9. The molecule has 1 fully saturated rings. The van der Waals surface area contributed by atoms with Gasteiger partial charge in [-0.3, -0.25) is 38.4 Å². The maximum atomic E-state index is 14.6. The van der Waals surface area contributed by atoms with E-state index in [1.807, 2.05) is 5.32 Å². The van der Waals surface area contributed by atoms with Gasteiger partial charge < -0.3 is 73.8 Å². The lowest BCUT2D eigenvalue weighted by atomic mass is 9.99. The molecule has 7 amide bonds. The number of benzene rings is 1. The minimum absolute atomic E-state index is 0.0334. The van der Waals surface area contributed by atoms with E-state index in [-0.39, 0.29) is 62.7 Å². The molecule has 0 radical (unpaired) electrons. The molecular weight excluding hydrogens is 879 g/mol. The molecule has 1 aliphatic rings. The number of phenolic OH excluding ortho intramolecular Hbond substituents is 1. The Labute approximate surface area is 389 Å². The maximum absolute atomic E-state index is 14.6. The lowest BCUT2D eigenvalue weighted by molar-refractivity contribution is -0.144. The summed E-state index contributed by atoms with van der Waals surface area (Å²) in [5, 5.41) is 63.2. The first-order valence-electron chi connectivity index (χ1n) is 22.6. The molecule has 0 spiro atoms. The van der Waals surface area contributed by atoms with E-state index in [1.165, 1.54) is 36.1 Å². The van der Waals surface area contributed by atoms with Crippen LogP contribution in [0.25, 0.3) is 0 Å². The van der Waals surface area contributed by atoms with Crippen LogP contribution >= 0.6 is 0 Å². The van der Waals surface area contributed by atoms with Crippen molar-refractivity contribution in [1.29, 1.82) is 0 Å². The van der Waals surface area contributed by atoms with Gasteiger partial charge in [-0.25, -0.2) is 4.79 Å². The first kappa shape index (κ1) is 57.2. The van der Waals surface area contributed by atoms with Crippen LogP contribution in [0.1, 0.15) is 98.0 Å². The molecule has 376 valence electrons. The van der Waals surface area contributed by atoms with Crippen LogP contribution in [0.3, 0.4) is 0 Å². The lowest BCUT2D eigenvalue weighted by Crippen LogP contribution is -2.61. The standard InChI is InChI=1S/C44H71N9O14/c1-23(2)19-30(48-38(60)29(15-16-35(57)58)47-37(59)28(46)9-6-7-17-45)39(61)50-32(21-26-11-13-27(56)14-12-26)43(65)53-18-8-10-34(53)41(63)49-31(20-24(3)4)40(62)52-36(25(5)55)42(64)51-33(22-54)44(66)67/h11-14,23-25,28-34,36,54-56H,6-10,15-22,45-46H2,1-5H3,(H,47,59)(H,48,60)(H,49,63)(H,50,61)(H,51,64)(H,52,62)(H,57,58)(H,66,67)/t25-,28+,29+,30+,31+,32+,33+,34+,36+/m1/s1. The molecule has 15 N–H and O–H groups in total. The summed E-state index contributed by atoms with van der Waals surface area (Å²) < 4.78 is 0. The number of phenols is 1. The third kappa shape index (κ3) is 19.5. The van der Waals surface area contributed by atoms with Gasteiger partial charge in [-0.1, -0.05) is 46.2 Å². The van der Waals surface area contributed by atoms with Gasteiger partial charge in [-0.15, -0.1) is 0 Å². The molecule has 23 nitrogen and oxygen atoms in total. The van der Waals surface area contributed by atoms with Crippen LogP contribution in [0.4, 0.5) is 0 Å². The molecule has 1 aliphatic heterocycles. The highest BCUT2D eigenvalue weighted by Gasteiger charge is 2.41. The minimum atomic E-state index is -1.73. The van der Waals surface area contributed by atoms with Crippen molar-refractivity contribution in [3.8, 4) is 5.75 Å². The van der Waals surface area contributed by atoms with E-state index in [9.17, 15) is 68.7 Å². The molecule has 1 heterocycles. The number of rotatable bonds is 29. The molecule has 0 saturated carbocycles. The largest absolute Gasteiger partial charge is 0.508 e. The minimum Gasteiger partial charge on any atom is -0.508 e. The Morgan fingerprint density at radius 3 is 1.78 bits per heavy atom. The van der Waals surface area contributed by atoms with Crippen molar-refractivity contribution in [3.05, 3.63) is 29.8 Å². The van der Waals surface area contributed by atoms with E-state index < -0.39 is 121 Å². The number of carboxylic acids is 2. The van der Waals surface area contributed by atoms with Crippen molar-refractivity contribution in [2.75, 3.05) is 19.7 Å². The Morgan fingerprint density at radius 1 is 0.701 bits per heavy atom. The Kier molecular flexibility index (Phi) is 24.2. The lowest BCUT2D eigenvalue weighted by Gasteiger charge is -2.32. The molecule has 2 rings (SSSR count). The second-order valence-corrected chi connectivity index (χ2v) is 17.7. The summed E-state index contributed by atoms with van der Waals surface area (Å²) in [6.07, 6.45) is -0.533. The van der Waals surface area contributed by atoms with Gasteiger partial charge in [-0.2, -0.15) is 0 Å². The van der Waals surface area contributed by atoms with E-state index in [4.69, 9.17) is 11.5 Å². The number of hydrogen-bond donors (Lipinski definition) is 13. The van der Waals surface area contributed by atoms with Crippen molar-refractivity contribution in [2.45, 2.75) is 153 Å². The Bertz CT molecular complexity index is 1850. The summed E-state index contributed by atoms with van der Waals surface area (Å²) in [6, 6.07) is -5.13. The van der Waals surface area contributed by atoms with Crippen LogP contribution in [0.15, 0.2) is 24.3 Å². The Hall–Kier alpha value is -5.91. The van der Waals surface area contributed by atoms with Gasteiger partial charge in [0.15, 0.2) is 0 Å². The highest BCUT2D eigenvalue weighted by Crippen LogP contribution is 2.22. The van der Waals surface area contributed by atoms with E-state index in [1.54, 1.807) is 27.7 Å². The Balaban J connectivity index is 2.42. The number of aliphatic hydroxyl groups excluding tert-OH is 2. The number of carbonyl (C=O) groups excluding carboxylic acids is 7. The van der Waals surface area contributed by atoms with Crippen molar-refractivity contribution >= 4 is 53.3 Å². The van der Waals surface area contributed by atoms with Gasteiger partial charge in [-0.05, 0) is 87.9 Å². The summed E-state index contributed by atoms with van der Waals surface area (Å²) in [5.41, 5.74) is 12.1. The predicted octanol–water partition coefficient (Wildman–Crippen LogP) is -2.29. The average molecular weight is 950 g/mol. The fraction of sp³-hybridized carbons (Fsp3) is 0.659. The van der Waals surface area contributed by atoms with Crippen LogP contribution in [-0.4, -0.2) is 158 Å². The normalized spacial score (nSPS) is 17.2. The molecule has 1 saturated heterocycles. The zero-order valence-electron chi connectivity index (χ0n) is 38.9. The molecule has 9 atom stereocenters. The molecule has 0 unspecified atom stereocenters. The molecule has 23 heteroatoms. The predicted molar refractivity (Wildman–Crippen MR) is 241 cm³/mol. The molecular formula is C44H71N9O14. The fourth-order valence-corrected chi connectivity index (χ4v) is 7.35. The molecule has 0 bridgehead atoms. The number of nitrogens with one attached hydrogen (secondary N) is 6. The summed E-state index contributed by atoms with van der Waals surface area (Å²) in [7, 11) is 0. The van der Waals surface area contributed by atoms with Gasteiger partial charge >= 0.3 is 11.9 Å². The number of nitrogens with two attached hydrogens (primary N) is 2. The summed E-state index contributed by atoms with van der Waals surface area (Å²) >= 11 is 0. The van der Waals surface area contributed by atoms with Gasteiger partial charge in [0.25, 0.3) is 0 Å². The van der Waals surface area contributed by atoms with Gasteiger partial charge in [0, 0.05) is 19.4 Å². The number of aromatic hydroxyl groups is 1. The first-order valence-corrected chi connectivity index (χ1v) is 22.6. The highest BCUT2D eigenvalue weighted by atomic mass is 16.4. The van der Waals surface area contributed by atoms with Crippen LogP contribution in [0, 0.1) is 11.8 Å². The monoisotopic (exact) mass is 950 g/mol. The van der Waals surface area contributed by atoms with Crippen LogP contribution in [0.2, 0.25) is 0 Å². The number of carboxylic acid groups (broad SMARTS) is 2. The summed E-state index contributed by atoms with van der Waals surface area (Å²) in [6.45, 7) is 7.73. The van der Waals surface area contributed by atoms with Crippen LogP contribution in [0.5, 0.6) is 5.75 Å². The van der Waals surface area contributed by atoms with E-state index >= 15 is 0 Å². The van der Waals surface area contributed by atoms with Crippen LogP contribution in [-0.2, 0) is 49.6 Å². The molecule has 0 aromatic heterocycles. The molecule has 67 heavy (non-hydrogen) atoms. The fourth-order valence-electron chi connectivity index (χ4n) is 7.35. The smallest absolute Gasteiger partial charge is 0.328 e. The van der Waals surface area contributed by atoms with Crippen molar-refractivity contribution < 1.29 is 68.7 Å². The third-order valence-corrected chi connectivity index (χ3v) is 11.0. The topological polar surface area (TPSA) is 382 Å². The molecule has 1 aromatic rings. The maximum Gasteiger partial charge on any atom is 0.328 e. The number of unbranched alkanes of at least 4 members (excludes halogenated alkanes) is 1. The van der Waals surface area contributed by atoms with Gasteiger partial charge in [0.05, 0.1) is 18.8 Å². The van der Waals surface area contributed by atoms with Crippen molar-refractivity contribution in [1.82, 2.24) is 36.8 Å². The number of carbonyl (C=O) groups is 9. The van der Waals surface area contributed by atoms with E-state index in [0.29, 0.717) is 31.4 Å². The zero-order chi connectivity index (χ0) is 50.5. The SMILES string of the molecule is CC(C)C[C@H](NC(=O)[C@H](CCC(=O)O)NC(=O)[C@@H](N)CCCCN)C(=O)N[C@@H](Cc1ccc(O)cc1)C(=O)N1CCC[C@H]1C(=O)N[C@@H](CC(C)C)C(=O)N[C@H](C(=O)N[C@@H](CO)C(=O)O)[C@@H](C)O. The summed E-state index contributed by atoms with van der Waals surface area (Å²) in [4.78, 5) is 120. The number of likely N-dealkylation sites (tertiary alicyclic amines) is 1. The number of amides is 7. The summed E-state index contributed by atoms with van der Waals surface area (Å²) in [5.74, 6) is -9.10. The number of nitrogens with zero attached hydrogens (tertiary/aromatic N) is 1. The molecule has 1 aromatic carbocycles. The average Bonchev–Trinajstić information content (AvgIpc) is 3.75. The van der Waals surface area contributed by atoms with Crippen molar-refractivity contribution in [3.63, 3.8) is 0 Å². The van der Waals surface area contributed by atoms with E-state index in [0.717, 1.165) is 0 Å². The quantitative estimate of drug-likeness (QED) is 0.0376. The first-order chi connectivity index (χ1) is 31.5. The van der Waals surface area contributed by atoms with Crippen molar-refractivity contribution in [2.24, 2.45) is 23.3 Å². The van der Waals surface area contributed by atoms with Crippen LogP contribution < -0.4 is 43.4 Å². The number of hydrogen-bond acceptors (Lipinski definition) is 14. The van der Waals surface area contributed by atoms with E-state index in [2.05, 4.69) is 26.6 Å². The third-order valence-electron chi connectivity index (χ3n) is 11.0. The second-order valence-electron chi connectivity index (χ2n) is 17.7. The molecule has 0 aliphatic carbocycles. The number of aliphatic carboxylic acids is 2. The number of aliphatic hydroxyl groups is 2. The second kappa shape index (κ2) is 28.3. The Morgan fingerprint density at radius 2 is 1.24 bits per heavy atom. The highest BCUT2D eigenvalue weighted by molar-refractivity contribution is 5.98. The van der Waals surface area contributed by atoms with Gasteiger partial charge in [0.2, 0.25) is 41.4 Å². The van der Waals surface area contributed by atoms with Gasteiger partial charge in [0.1, 0.15) is 48.0 Å².